The Bertz CT molecular complexity index is 79.0. The topological polar surface area (TPSA) is 32.3 Å². The van der Waals surface area contributed by atoms with Crippen LogP contribution in [0.3, 0.4) is 0 Å². The summed E-state index contributed by atoms with van der Waals surface area (Å²) in [6.45, 7) is 4.68. The summed E-state index contributed by atoms with van der Waals surface area (Å²) < 4.78 is 0. The van der Waals surface area contributed by atoms with Gasteiger partial charge in [0.05, 0.1) is 0 Å². The van der Waals surface area contributed by atoms with Gasteiger partial charge in [-0.3, -0.25) is 0 Å². The molecular weight excluding hydrogens is 114 g/mol. The van der Waals surface area contributed by atoms with E-state index in [-0.39, 0.29) is 0 Å². The zero-order valence-electron chi connectivity index (χ0n) is 5.93. The van der Waals surface area contributed by atoms with Crippen LogP contribution in [0.15, 0.2) is 0 Å². The Balaban J connectivity index is 2.24. The van der Waals surface area contributed by atoms with Crippen LogP contribution in [0.5, 0.6) is 0 Å². The molecule has 2 nitrogen and oxygen atoms in total. The fourth-order valence-electron chi connectivity index (χ4n) is 1.31. The highest BCUT2D eigenvalue weighted by Gasteiger charge is 2.19. The second-order valence-electron chi connectivity index (χ2n) is 2.91. The van der Waals surface area contributed by atoms with Crippen molar-refractivity contribution in [3.63, 3.8) is 0 Å². The van der Waals surface area contributed by atoms with Crippen molar-refractivity contribution in [2.24, 2.45) is 11.8 Å². The minimum atomic E-state index is 0.340. The standard InChI is InChI=1S/C7H15NO/c1-6(5-9)7-2-3-8-4-7/h6-9H,2-5H2,1H3/t6?,7-/m0/s1. The Morgan fingerprint density at radius 3 is 3.00 bits per heavy atom. The van der Waals surface area contributed by atoms with Crippen molar-refractivity contribution < 1.29 is 5.11 Å². The maximum Gasteiger partial charge on any atom is 0.0459 e. The van der Waals surface area contributed by atoms with Gasteiger partial charge in [0.15, 0.2) is 0 Å². The largest absolute Gasteiger partial charge is 0.396 e. The van der Waals surface area contributed by atoms with E-state index in [1.54, 1.807) is 0 Å². The molecule has 0 spiro atoms. The summed E-state index contributed by atoms with van der Waals surface area (Å²) in [6, 6.07) is 0. The molecule has 2 atom stereocenters. The van der Waals surface area contributed by atoms with Crippen LogP contribution < -0.4 is 5.32 Å². The molecule has 0 radical (unpaired) electrons. The summed E-state index contributed by atoms with van der Waals surface area (Å²) in [5.74, 6) is 1.20. The number of aliphatic hydroxyl groups is 1. The molecule has 1 saturated heterocycles. The number of rotatable bonds is 2. The molecule has 0 amide bonds. The maximum absolute atomic E-state index is 8.77. The Kier molecular flexibility index (Phi) is 2.49. The highest BCUT2D eigenvalue weighted by molar-refractivity contribution is 4.74. The van der Waals surface area contributed by atoms with Gasteiger partial charge in [-0.15, -0.1) is 0 Å². The van der Waals surface area contributed by atoms with Crippen LogP contribution in [0.2, 0.25) is 0 Å². The lowest BCUT2D eigenvalue weighted by molar-refractivity contribution is 0.195. The summed E-state index contributed by atoms with van der Waals surface area (Å²) in [7, 11) is 0. The third-order valence-electron chi connectivity index (χ3n) is 2.19. The van der Waals surface area contributed by atoms with Crippen molar-refractivity contribution in [3.05, 3.63) is 0 Å². The van der Waals surface area contributed by atoms with Gasteiger partial charge in [0.25, 0.3) is 0 Å². The minimum Gasteiger partial charge on any atom is -0.396 e. The Labute approximate surface area is 56.3 Å². The highest BCUT2D eigenvalue weighted by atomic mass is 16.3. The zero-order chi connectivity index (χ0) is 6.69. The monoisotopic (exact) mass is 129 g/mol. The summed E-state index contributed by atoms with van der Waals surface area (Å²) in [5.41, 5.74) is 0. The van der Waals surface area contributed by atoms with Crippen LogP contribution in [-0.2, 0) is 0 Å². The first-order chi connectivity index (χ1) is 4.34. The molecule has 0 aromatic carbocycles. The molecule has 0 bridgehead atoms. The lowest BCUT2D eigenvalue weighted by atomic mass is 9.94. The summed E-state index contributed by atoms with van der Waals surface area (Å²) in [6.07, 6.45) is 1.24. The number of hydrogen-bond donors (Lipinski definition) is 2. The Morgan fingerprint density at radius 1 is 1.78 bits per heavy atom. The molecular formula is C7H15NO. The minimum absolute atomic E-state index is 0.340. The predicted octanol–water partition coefficient (Wildman–Crippen LogP) is 0.224. The van der Waals surface area contributed by atoms with E-state index < -0.39 is 0 Å². The van der Waals surface area contributed by atoms with Gasteiger partial charge in [0, 0.05) is 6.61 Å². The maximum atomic E-state index is 8.77. The fourth-order valence-corrected chi connectivity index (χ4v) is 1.31. The molecule has 2 heteroatoms. The molecule has 1 rings (SSSR count). The first-order valence-electron chi connectivity index (χ1n) is 3.66. The third kappa shape index (κ3) is 1.66. The Hall–Kier alpha value is -0.0800. The van der Waals surface area contributed by atoms with Crippen molar-refractivity contribution in [2.75, 3.05) is 19.7 Å². The number of nitrogens with one attached hydrogen (secondary N) is 1. The van der Waals surface area contributed by atoms with Gasteiger partial charge in [-0.1, -0.05) is 6.92 Å². The van der Waals surface area contributed by atoms with E-state index in [0.29, 0.717) is 12.5 Å². The fraction of sp³-hybridized carbons (Fsp3) is 1.00. The van der Waals surface area contributed by atoms with E-state index in [0.717, 1.165) is 19.0 Å². The van der Waals surface area contributed by atoms with Crippen LogP contribution >= 0.6 is 0 Å². The predicted molar refractivity (Wildman–Crippen MR) is 37.2 cm³/mol. The molecule has 1 aliphatic heterocycles. The van der Waals surface area contributed by atoms with Crippen molar-refractivity contribution in [3.8, 4) is 0 Å². The molecule has 0 saturated carbocycles. The van der Waals surface area contributed by atoms with E-state index in [9.17, 15) is 0 Å². The molecule has 9 heavy (non-hydrogen) atoms. The molecule has 2 N–H and O–H groups in total. The number of hydrogen-bond acceptors (Lipinski definition) is 2. The van der Waals surface area contributed by atoms with Crippen molar-refractivity contribution in [2.45, 2.75) is 13.3 Å². The van der Waals surface area contributed by atoms with Gasteiger partial charge in [-0.05, 0) is 31.3 Å². The molecule has 1 unspecified atom stereocenters. The van der Waals surface area contributed by atoms with Gasteiger partial charge in [-0.2, -0.15) is 0 Å². The van der Waals surface area contributed by atoms with E-state index in [4.69, 9.17) is 5.11 Å². The molecule has 54 valence electrons. The van der Waals surface area contributed by atoms with E-state index in [1.807, 2.05) is 0 Å². The first kappa shape index (κ1) is 7.03. The van der Waals surface area contributed by atoms with Crippen molar-refractivity contribution >= 4 is 0 Å². The van der Waals surface area contributed by atoms with Gasteiger partial charge >= 0.3 is 0 Å². The normalized spacial score (nSPS) is 30.7. The summed E-state index contributed by atoms with van der Waals surface area (Å²) in [5, 5.41) is 12.0. The van der Waals surface area contributed by atoms with Crippen molar-refractivity contribution in [1.82, 2.24) is 5.32 Å². The SMILES string of the molecule is CC(CO)[C@H]1CCNC1. The highest BCUT2D eigenvalue weighted by Crippen LogP contribution is 2.17. The lowest BCUT2D eigenvalue weighted by Gasteiger charge is -2.13. The molecule has 0 aliphatic carbocycles. The molecule has 0 aromatic heterocycles. The van der Waals surface area contributed by atoms with E-state index in [1.165, 1.54) is 6.42 Å². The molecule has 0 aromatic rings. The zero-order valence-corrected chi connectivity index (χ0v) is 5.93. The van der Waals surface area contributed by atoms with Gasteiger partial charge in [0.2, 0.25) is 0 Å². The molecule has 1 aliphatic rings. The smallest absolute Gasteiger partial charge is 0.0459 e. The molecule has 1 fully saturated rings. The lowest BCUT2D eigenvalue weighted by Crippen LogP contribution is -2.17. The second-order valence-corrected chi connectivity index (χ2v) is 2.91. The van der Waals surface area contributed by atoms with Gasteiger partial charge in [0.1, 0.15) is 0 Å². The quantitative estimate of drug-likeness (QED) is 0.559. The van der Waals surface area contributed by atoms with Crippen LogP contribution in [0, 0.1) is 11.8 Å². The number of aliphatic hydroxyl groups excluding tert-OH is 1. The summed E-state index contributed by atoms with van der Waals surface area (Å²) in [4.78, 5) is 0. The first-order valence-corrected chi connectivity index (χ1v) is 3.66. The second kappa shape index (κ2) is 3.18. The van der Waals surface area contributed by atoms with Gasteiger partial charge < -0.3 is 10.4 Å². The summed E-state index contributed by atoms with van der Waals surface area (Å²) >= 11 is 0. The third-order valence-corrected chi connectivity index (χ3v) is 2.19. The van der Waals surface area contributed by atoms with Gasteiger partial charge in [-0.25, -0.2) is 0 Å². The molecule has 1 heterocycles. The van der Waals surface area contributed by atoms with Crippen LogP contribution in [0.1, 0.15) is 13.3 Å². The van der Waals surface area contributed by atoms with Crippen molar-refractivity contribution in [1.29, 1.82) is 0 Å². The van der Waals surface area contributed by atoms with Crippen LogP contribution in [0.4, 0.5) is 0 Å². The average Bonchev–Trinajstić information content (AvgIpc) is 2.37. The van der Waals surface area contributed by atoms with E-state index in [2.05, 4.69) is 12.2 Å². The van der Waals surface area contributed by atoms with E-state index >= 15 is 0 Å². The average molecular weight is 129 g/mol. The Morgan fingerprint density at radius 2 is 2.56 bits per heavy atom. The van der Waals surface area contributed by atoms with Crippen LogP contribution in [-0.4, -0.2) is 24.8 Å². The van der Waals surface area contributed by atoms with Crippen LogP contribution in [0.25, 0.3) is 0 Å².